The number of nitrogens with two attached hydrogens (primary N) is 1. The molecule has 0 radical (unpaired) electrons. The first-order valence-corrected chi connectivity index (χ1v) is 5.87. The van der Waals surface area contributed by atoms with Gasteiger partial charge in [0.15, 0.2) is 0 Å². The van der Waals surface area contributed by atoms with Gasteiger partial charge in [-0.3, -0.25) is 9.59 Å². The van der Waals surface area contributed by atoms with E-state index >= 15 is 0 Å². The first-order valence-electron chi connectivity index (χ1n) is 5.87. The number of rotatable bonds is 6. The average molecular weight is 268 g/mol. The molecule has 6 heteroatoms. The van der Waals surface area contributed by atoms with E-state index in [-0.39, 0.29) is 12.1 Å². The van der Waals surface area contributed by atoms with Crippen molar-refractivity contribution in [3.8, 4) is 0 Å². The van der Waals surface area contributed by atoms with Crippen molar-refractivity contribution < 1.29 is 19.1 Å². The van der Waals surface area contributed by atoms with Crippen LogP contribution in [0.15, 0.2) is 18.2 Å². The first-order chi connectivity index (χ1) is 8.80. The topological polar surface area (TPSA) is 92.4 Å². The van der Waals surface area contributed by atoms with Gasteiger partial charge in [0.05, 0.1) is 11.0 Å². The smallest absolute Gasteiger partial charge is 0.311 e. The van der Waals surface area contributed by atoms with Gasteiger partial charge in [-0.2, -0.15) is 0 Å². The van der Waals surface area contributed by atoms with Gasteiger partial charge in [-0.25, -0.2) is 4.39 Å². The number of primary amides is 1. The van der Waals surface area contributed by atoms with E-state index in [1.54, 1.807) is 13.8 Å². The molecule has 5 nitrogen and oxygen atoms in total. The molecule has 0 bridgehead atoms. The number of halogens is 1. The average Bonchev–Trinajstić information content (AvgIpc) is 2.36. The minimum atomic E-state index is -0.969. The number of benzene rings is 1. The fraction of sp³-hybridized carbons (Fsp3) is 0.385. The minimum absolute atomic E-state index is 0.00356. The van der Waals surface area contributed by atoms with E-state index in [0.717, 1.165) is 6.07 Å². The summed E-state index contributed by atoms with van der Waals surface area (Å²) in [5.41, 5.74) is 4.52. The van der Waals surface area contributed by atoms with Crippen LogP contribution in [0.4, 0.5) is 10.1 Å². The Balaban J connectivity index is 2.95. The van der Waals surface area contributed by atoms with Crippen molar-refractivity contribution in [1.82, 2.24) is 0 Å². The maximum atomic E-state index is 13.0. The second kappa shape index (κ2) is 5.69. The summed E-state index contributed by atoms with van der Waals surface area (Å²) in [5.74, 6) is -2.28. The Labute approximate surface area is 110 Å². The zero-order valence-corrected chi connectivity index (χ0v) is 10.9. The number of carboxylic acid groups (broad SMARTS) is 1. The van der Waals surface area contributed by atoms with Gasteiger partial charge in [0.2, 0.25) is 0 Å². The summed E-state index contributed by atoms with van der Waals surface area (Å²) in [6.45, 7) is 3.47. The predicted octanol–water partition coefficient (Wildman–Crippen LogP) is 1.84. The van der Waals surface area contributed by atoms with Gasteiger partial charge in [-0.05, 0) is 31.5 Å². The van der Waals surface area contributed by atoms with E-state index in [1.807, 2.05) is 0 Å². The highest BCUT2D eigenvalue weighted by atomic mass is 19.1. The number of nitrogens with one attached hydrogen (secondary N) is 1. The highest BCUT2D eigenvalue weighted by Gasteiger charge is 2.31. The van der Waals surface area contributed by atoms with Crippen LogP contribution in [0.25, 0.3) is 0 Å². The van der Waals surface area contributed by atoms with Crippen molar-refractivity contribution in [2.45, 2.75) is 20.3 Å². The van der Waals surface area contributed by atoms with Gasteiger partial charge in [0.25, 0.3) is 5.91 Å². The highest BCUT2D eigenvalue weighted by molar-refractivity contribution is 5.98. The number of amides is 1. The van der Waals surface area contributed by atoms with Gasteiger partial charge in [0.1, 0.15) is 5.82 Å². The molecule has 19 heavy (non-hydrogen) atoms. The molecular weight excluding hydrogens is 251 g/mol. The molecular formula is C13H17FN2O3. The van der Waals surface area contributed by atoms with Crippen molar-refractivity contribution >= 4 is 17.6 Å². The first kappa shape index (κ1) is 14.9. The minimum Gasteiger partial charge on any atom is -0.481 e. The number of aliphatic carboxylic acids is 1. The van der Waals surface area contributed by atoms with Crippen LogP contribution in [0.3, 0.4) is 0 Å². The van der Waals surface area contributed by atoms with Gasteiger partial charge in [-0.15, -0.1) is 0 Å². The molecule has 0 heterocycles. The summed E-state index contributed by atoms with van der Waals surface area (Å²) in [5, 5.41) is 12.0. The van der Waals surface area contributed by atoms with E-state index in [2.05, 4.69) is 5.32 Å². The lowest BCUT2D eigenvalue weighted by atomic mass is 9.87. The molecule has 0 aliphatic carbocycles. The van der Waals surface area contributed by atoms with Crippen molar-refractivity contribution in [1.29, 1.82) is 0 Å². The van der Waals surface area contributed by atoms with Crippen LogP contribution in [0.2, 0.25) is 0 Å². The third kappa shape index (κ3) is 3.43. The third-order valence-electron chi connectivity index (χ3n) is 3.21. The fourth-order valence-corrected chi connectivity index (χ4v) is 1.52. The Morgan fingerprint density at radius 3 is 2.58 bits per heavy atom. The molecule has 1 amide bonds. The predicted molar refractivity (Wildman–Crippen MR) is 69.4 cm³/mol. The molecule has 1 unspecified atom stereocenters. The van der Waals surface area contributed by atoms with Crippen LogP contribution in [-0.2, 0) is 4.79 Å². The SMILES string of the molecule is CCC(C)(CNc1ccc(F)cc1C(N)=O)C(=O)O. The summed E-state index contributed by atoms with van der Waals surface area (Å²) in [6, 6.07) is 3.57. The van der Waals surface area contributed by atoms with Crippen molar-refractivity contribution in [3.05, 3.63) is 29.6 Å². The molecule has 4 N–H and O–H groups in total. The lowest BCUT2D eigenvalue weighted by molar-refractivity contribution is -0.147. The number of hydrogen-bond acceptors (Lipinski definition) is 3. The quantitative estimate of drug-likeness (QED) is 0.734. The molecule has 1 aromatic carbocycles. The van der Waals surface area contributed by atoms with Crippen LogP contribution in [0.5, 0.6) is 0 Å². The summed E-state index contributed by atoms with van der Waals surface area (Å²) < 4.78 is 13.0. The molecule has 1 atom stereocenters. The third-order valence-corrected chi connectivity index (χ3v) is 3.21. The van der Waals surface area contributed by atoms with E-state index in [1.165, 1.54) is 12.1 Å². The maximum Gasteiger partial charge on any atom is 0.311 e. The molecule has 1 aromatic rings. The van der Waals surface area contributed by atoms with Gasteiger partial charge in [-0.1, -0.05) is 6.92 Å². The van der Waals surface area contributed by atoms with Crippen molar-refractivity contribution in [2.75, 3.05) is 11.9 Å². The highest BCUT2D eigenvalue weighted by Crippen LogP contribution is 2.24. The largest absolute Gasteiger partial charge is 0.481 e. The van der Waals surface area contributed by atoms with E-state index in [0.29, 0.717) is 12.1 Å². The number of carbonyl (C=O) groups excluding carboxylic acids is 1. The maximum absolute atomic E-state index is 13.0. The second-order valence-electron chi connectivity index (χ2n) is 4.63. The normalized spacial score (nSPS) is 13.6. The molecule has 0 aromatic heterocycles. The van der Waals surface area contributed by atoms with Crippen LogP contribution >= 0.6 is 0 Å². The summed E-state index contributed by atoms with van der Waals surface area (Å²) >= 11 is 0. The van der Waals surface area contributed by atoms with Crippen LogP contribution in [-0.4, -0.2) is 23.5 Å². The molecule has 0 aliphatic rings. The summed E-state index contributed by atoms with van der Waals surface area (Å²) in [6.07, 6.45) is 0.419. The molecule has 0 fully saturated rings. The molecule has 0 saturated heterocycles. The summed E-state index contributed by atoms with van der Waals surface area (Å²) in [4.78, 5) is 22.4. The van der Waals surface area contributed by atoms with Crippen molar-refractivity contribution in [2.24, 2.45) is 11.1 Å². The number of hydrogen-bond donors (Lipinski definition) is 3. The van der Waals surface area contributed by atoms with Crippen LogP contribution in [0, 0.1) is 11.2 Å². The van der Waals surface area contributed by atoms with Crippen LogP contribution < -0.4 is 11.1 Å². The number of carbonyl (C=O) groups is 2. The Morgan fingerprint density at radius 2 is 2.11 bits per heavy atom. The standard InChI is InChI=1S/C13H17FN2O3/c1-3-13(2,12(18)19)7-16-10-5-4-8(14)6-9(10)11(15)17/h4-6,16H,3,7H2,1-2H3,(H2,15,17)(H,18,19). The molecule has 0 spiro atoms. The van der Waals surface area contributed by atoms with Gasteiger partial charge < -0.3 is 16.2 Å². The molecule has 0 aliphatic heterocycles. The number of anilines is 1. The van der Waals surface area contributed by atoms with E-state index < -0.39 is 23.1 Å². The fourth-order valence-electron chi connectivity index (χ4n) is 1.52. The molecule has 0 saturated carbocycles. The Morgan fingerprint density at radius 1 is 1.47 bits per heavy atom. The van der Waals surface area contributed by atoms with E-state index in [4.69, 9.17) is 10.8 Å². The molecule has 104 valence electrons. The lowest BCUT2D eigenvalue weighted by Gasteiger charge is -2.24. The number of carboxylic acids is 1. The van der Waals surface area contributed by atoms with Crippen molar-refractivity contribution in [3.63, 3.8) is 0 Å². The Kier molecular flexibility index (Phi) is 4.47. The Hall–Kier alpha value is -2.11. The van der Waals surface area contributed by atoms with Gasteiger partial charge >= 0.3 is 5.97 Å². The monoisotopic (exact) mass is 268 g/mol. The lowest BCUT2D eigenvalue weighted by Crippen LogP contribution is -2.34. The van der Waals surface area contributed by atoms with E-state index in [9.17, 15) is 14.0 Å². The zero-order chi connectivity index (χ0) is 14.6. The summed E-state index contributed by atoms with van der Waals surface area (Å²) in [7, 11) is 0. The van der Waals surface area contributed by atoms with Gasteiger partial charge in [0, 0.05) is 12.2 Å². The molecule has 1 rings (SSSR count). The Bertz CT molecular complexity index is 505. The zero-order valence-electron chi connectivity index (χ0n) is 10.9. The van der Waals surface area contributed by atoms with Crippen LogP contribution in [0.1, 0.15) is 30.6 Å². The second-order valence-corrected chi connectivity index (χ2v) is 4.63.